The molecule has 1 aromatic heterocycles. The molecule has 4 saturated carbocycles. The molecule has 1 aromatic rings. The third kappa shape index (κ3) is 2.15. The molecule has 4 aliphatic rings. The molecule has 0 unspecified atom stereocenters. The fraction of sp³-hybridized carbons (Fsp3) is 0.812. The van der Waals surface area contributed by atoms with Gasteiger partial charge >= 0.3 is 0 Å². The van der Waals surface area contributed by atoms with E-state index in [9.17, 15) is 0 Å². The zero-order chi connectivity index (χ0) is 13.0. The summed E-state index contributed by atoms with van der Waals surface area (Å²) < 4.78 is 0. The summed E-state index contributed by atoms with van der Waals surface area (Å²) in [5.74, 6) is 3.09. The number of hydrogen-bond acceptors (Lipinski definition) is 3. The number of nitrogens with zero attached hydrogens (tertiary/aromatic N) is 1. The van der Waals surface area contributed by atoms with Crippen LogP contribution in [0.1, 0.15) is 54.1 Å². The third-order valence-corrected chi connectivity index (χ3v) is 6.73. The monoisotopic (exact) mass is 276 g/mol. The van der Waals surface area contributed by atoms with Gasteiger partial charge < -0.3 is 5.32 Å². The normalized spacial score (nSPS) is 40.0. The van der Waals surface area contributed by atoms with Crippen molar-refractivity contribution >= 4 is 11.3 Å². The Morgan fingerprint density at radius 3 is 2.16 bits per heavy atom. The Balaban J connectivity index is 1.49. The highest BCUT2D eigenvalue weighted by Crippen LogP contribution is 2.55. The molecule has 0 saturated heterocycles. The quantitative estimate of drug-likeness (QED) is 0.908. The van der Waals surface area contributed by atoms with Crippen LogP contribution in [0.5, 0.6) is 0 Å². The molecule has 4 fully saturated rings. The molecular formula is C16H24N2S. The van der Waals surface area contributed by atoms with Crippen molar-refractivity contribution in [2.45, 2.75) is 64.5 Å². The third-order valence-electron chi connectivity index (χ3n) is 5.66. The second-order valence-corrected chi connectivity index (χ2v) is 8.58. The second-order valence-electron chi connectivity index (χ2n) is 7.29. The minimum atomic E-state index is 0.485. The van der Waals surface area contributed by atoms with E-state index in [1.54, 1.807) is 0 Å². The van der Waals surface area contributed by atoms with E-state index >= 15 is 0 Å². The molecule has 0 aliphatic heterocycles. The van der Waals surface area contributed by atoms with Crippen LogP contribution >= 0.6 is 11.3 Å². The molecular weight excluding hydrogens is 252 g/mol. The van der Waals surface area contributed by atoms with Gasteiger partial charge in [-0.05, 0) is 70.1 Å². The minimum Gasteiger partial charge on any atom is -0.306 e. The van der Waals surface area contributed by atoms with Crippen molar-refractivity contribution in [3.8, 4) is 0 Å². The maximum absolute atomic E-state index is 4.55. The molecule has 2 nitrogen and oxygen atoms in total. The molecule has 0 amide bonds. The standard InChI is InChI=1S/C16H24N2S/c1-10-15(19-11(2)18-10)9-17-16-6-12-3-13(7-16)5-14(4-12)8-16/h12-14,17H,3-9H2,1-2H3. The smallest absolute Gasteiger partial charge is 0.0900 e. The number of thiazole rings is 1. The van der Waals surface area contributed by atoms with Crippen molar-refractivity contribution < 1.29 is 0 Å². The van der Waals surface area contributed by atoms with Crippen LogP contribution in [0.25, 0.3) is 0 Å². The summed E-state index contributed by atoms with van der Waals surface area (Å²) in [6, 6.07) is 0. The van der Waals surface area contributed by atoms with Gasteiger partial charge in [-0.3, -0.25) is 0 Å². The first-order valence-electron chi connectivity index (χ1n) is 7.80. The molecule has 0 radical (unpaired) electrons. The number of rotatable bonds is 3. The zero-order valence-corrected chi connectivity index (χ0v) is 12.9. The molecule has 5 rings (SSSR count). The predicted octanol–water partition coefficient (Wildman–Crippen LogP) is 3.82. The Kier molecular flexibility index (Phi) is 2.79. The van der Waals surface area contributed by atoms with Gasteiger partial charge in [0.2, 0.25) is 0 Å². The van der Waals surface area contributed by atoms with Crippen LogP contribution in [0.15, 0.2) is 0 Å². The fourth-order valence-electron chi connectivity index (χ4n) is 5.33. The Morgan fingerprint density at radius 2 is 1.68 bits per heavy atom. The first-order valence-corrected chi connectivity index (χ1v) is 8.61. The first-order chi connectivity index (χ1) is 9.12. The largest absolute Gasteiger partial charge is 0.306 e. The van der Waals surface area contributed by atoms with Crippen LogP contribution in [0.4, 0.5) is 0 Å². The van der Waals surface area contributed by atoms with Gasteiger partial charge in [0.25, 0.3) is 0 Å². The lowest BCUT2D eigenvalue weighted by Crippen LogP contribution is -2.58. The van der Waals surface area contributed by atoms with Gasteiger partial charge in [0, 0.05) is 17.0 Å². The molecule has 1 heterocycles. The second kappa shape index (κ2) is 4.29. The number of aryl methyl sites for hydroxylation is 2. The lowest BCUT2D eigenvalue weighted by Gasteiger charge is -2.57. The average molecular weight is 276 g/mol. The maximum atomic E-state index is 4.55. The molecule has 0 aromatic carbocycles. The van der Waals surface area contributed by atoms with Crippen LogP contribution in [0, 0.1) is 31.6 Å². The van der Waals surface area contributed by atoms with Crippen LogP contribution in [-0.2, 0) is 6.54 Å². The molecule has 4 aliphatic carbocycles. The van der Waals surface area contributed by atoms with Gasteiger partial charge in [-0.2, -0.15) is 0 Å². The molecule has 19 heavy (non-hydrogen) atoms. The van der Waals surface area contributed by atoms with Crippen molar-refractivity contribution in [3.05, 3.63) is 15.6 Å². The predicted molar refractivity (Wildman–Crippen MR) is 79.3 cm³/mol. The van der Waals surface area contributed by atoms with E-state index in [2.05, 4.69) is 24.1 Å². The summed E-state index contributed by atoms with van der Waals surface area (Å²) >= 11 is 1.87. The highest BCUT2D eigenvalue weighted by molar-refractivity contribution is 7.11. The summed E-state index contributed by atoms with van der Waals surface area (Å²) in [7, 11) is 0. The molecule has 0 spiro atoms. The molecule has 1 N–H and O–H groups in total. The van der Waals surface area contributed by atoms with E-state index in [0.29, 0.717) is 5.54 Å². The Labute approximate surface area is 120 Å². The van der Waals surface area contributed by atoms with E-state index in [1.807, 2.05) is 11.3 Å². The van der Waals surface area contributed by atoms with E-state index in [-0.39, 0.29) is 0 Å². The van der Waals surface area contributed by atoms with Gasteiger partial charge in [-0.25, -0.2) is 4.98 Å². The highest BCUT2D eigenvalue weighted by Gasteiger charge is 2.50. The minimum absolute atomic E-state index is 0.485. The molecule has 104 valence electrons. The lowest BCUT2D eigenvalue weighted by molar-refractivity contribution is -0.0205. The maximum Gasteiger partial charge on any atom is 0.0900 e. The Hall–Kier alpha value is -0.410. The number of nitrogens with one attached hydrogen (secondary N) is 1. The number of aromatic nitrogens is 1. The zero-order valence-electron chi connectivity index (χ0n) is 12.0. The van der Waals surface area contributed by atoms with Gasteiger partial charge in [0.15, 0.2) is 0 Å². The van der Waals surface area contributed by atoms with Gasteiger partial charge in [0.05, 0.1) is 10.7 Å². The van der Waals surface area contributed by atoms with Crippen LogP contribution in [0.2, 0.25) is 0 Å². The van der Waals surface area contributed by atoms with Gasteiger partial charge in [0.1, 0.15) is 0 Å². The van der Waals surface area contributed by atoms with E-state index in [4.69, 9.17) is 0 Å². The summed E-state index contributed by atoms with van der Waals surface area (Å²) in [4.78, 5) is 6.01. The Morgan fingerprint density at radius 1 is 1.11 bits per heavy atom. The van der Waals surface area contributed by atoms with E-state index in [0.717, 1.165) is 24.3 Å². The number of hydrogen-bond donors (Lipinski definition) is 1. The van der Waals surface area contributed by atoms with Crippen molar-refractivity contribution in [2.75, 3.05) is 0 Å². The Bertz CT molecular complexity index is 456. The summed E-state index contributed by atoms with van der Waals surface area (Å²) in [6.07, 6.45) is 8.90. The topological polar surface area (TPSA) is 24.9 Å². The van der Waals surface area contributed by atoms with Crippen molar-refractivity contribution in [1.82, 2.24) is 10.3 Å². The summed E-state index contributed by atoms with van der Waals surface area (Å²) in [5.41, 5.74) is 1.72. The van der Waals surface area contributed by atoms with Crippen LogP contribution in [-0.4, -0.2) is 10.5 Å². The van der Waals surface area contributed by atoms with Crippen LogP contribution < -0.4 is 5.32 Å². The lowest BCUT2D eigenvalue weighted by atomic mass is 9.53. The fourth-order valence-corrected chi connectivity index (χ4v) is 6.21. The summed E-state index contributed by atoms with van der Waals surface area (Å²) in [5, 5.41) is 5.18. The molecule has 0 atom stereocenters. The SMILES string of the molecule is Cc1nc(C)c(CNC23CC4CC(CC(C4)C2)C3)s1. The van der Waals surface area contributed by atoms with Gasteiger partial charge in [-0.15, -0.1) is 11.3 Å². The van der Waals surface area contributed by atoms with Crippen molar-refractivity contribution in [2.24, 2.45) is 17.8 Å². The average Bonchev–Trinajstić information content (AvgIpc) is 2.64. The molecule has 3 heteroatoms. The molecule has 4 bridgehead atoms. The van der Waals surface area contributed by atoms with E-state index < -0.39 is 0 Å². The van der Waals surface area contributed by atoms with Crippen molar-refractivity contribution in [1.29, 1.82) is 0 Å². The highest BCUT2D eigenvalue weighted by atomic mass is 32.1. The van der Waals surface area contributed by atoms with Crippen LogP contribution in [0.3, 0.4) is 0 Å². The first kappa shape index (κ1) is 12.3. The van der Waals surface area contributed by atoms with E-state index in [1.165, 1.54) is 54.1 Å². The van der Waals surface area contributed by atoms with Crippen molar-refractivity contribution in [3.63, 3.8) is 0 Å². The van der Waals surface area contributed by atoms with Gasteiger partial charge in [-0.1, -0.05) is 0 Å². The summed E-state index contributed by atoms with van der Waals surface area (Å²) in [6.45, 7) is 5.32.